The van der Waals surface area contributed by atoms with Gasteiger partial charge in [-0.25, -0.2) is 8.78 Å². The molecular formula is C64H86ClF2N7Na-. The Morgan fingerprint density at radius 2 is 1.60 bits per heavy atom. The molecule has 2 aliphatic carbocycles. The van der Waals surface area contributed by atoms with Crippen LogP contribution in [0.15, 0.2) is 117 Å². The third kappa shape index (κ3) is 13.8. The Labute approximate surface area is 478 Å². The predicted molar refractivity (Wildman–Crippen MR) is 312 cm³/mol. The van der Waals surface area contributed by atoms with E-state index < -0.39 is 11.6 Å². The number of nitrogens with zero attached hydrogens (tertiary/aromatic N) is 5. The molecule has 3 fully saturated rings. The summed E-state index contributed by atoms with van der Waals surface area (Å²) < 4.78 is 32.7. The van der Waals surface area contributed by atoms with E-state index in [-0.39, 0.29) is 64.6 Å². The number of nitrogens with one attached hydrogen (secondary N) is 1. The minimum atomic E-state index is -0.546. The Hall–Kier alpha value is -4.38. The molecule has 1 aromatic heterocycles. The zero-order valence-corrected chi connectivity index (χ0v) is 49.8. The summed E-state index contributed by atoms with van der Waals surface area (Å²) in [7, 11) is 3.83. The van der Waals surface area contributed by atoms with Gasteiger partial charge < -0.3 is 39.6 Å². The molecule has 2 saturated heterocycles. The Morgan fingerprint density at radius 3 is 2.23 bits per heavy atom. The number of allylic oxidation sites excluding steroid dienone is 1. The molecule has 0 bridgehead atoms. The monoisotopic (exact) mass is 1050 g/mol. The van der Waals surface area contributed by atoms with E-state index in [2.05, 4.69) is 110 Å². The molecular weight excluding hydrogens is 963 g/mol. The van der Waals surface area contributed by atoms with Crippen LogP contribution in [-0.2, 0) is 25.3 Å². The van der Waals surface area contributed by atoms with Crippen molar-refractivity contribution in [1.82, 2.24) is 24.9 Å². The first kappa shape index (κ1) is 61.5. The zero-order chi connectivity index (χ0) is 52.6. The van der Waals surface area contributed by atoms with Gasteiger partial charge in [-0.15, -0.1) is 6.58 Å². The van der Waals surface area contributed by atoms with Gasteiger partial charge in [-0.3, -0.25) is 4.68 Å². The molecule has 400 valence electrons. The second kappa shape index (κ2) is 27.8. The molecule has 3 heterocycles. The van der Waals surface area contributed by atoms with Crippen molar-refractivity contribution >= 4 is 34.0 Å². The van der Waals surface area contributed by atoms with Crippen molar-refractivity contribution in [3.05, 3.63) is 175 Å². The van der Waals surface area contributed by atoms with Crippen molar-refractivity contribution in [1.29, 1.82) is 0 Å². The van der Waals surface area contributed by atoms with E-state index in [0.717, 1.165) is 75.9 Å². The third-order valence-corrected chi connectivity index (χ3v) is 17.3. The number of anilines is 1. The van der Waals surface area contributed by atoms with Crippen LogP contribution in [0, 0.1) is 49.2 Å². The van der Waals surface area contributed by atoms with Crippen molar-refractivity contribution in [2.45, 2.75) is 110 Å². The van der Waals surface area contributed by atoms with E-state index in [0.29, 0.717) is 29.5 Å². The molecule has 7 nitrogen and oxygen atoms in total. The number of aromatic nitrogens is 2. The van der Waals surface area contributed by atoms with Gasteiger partial charge in [-0.2, -0.15) is 17.9 Å². The summed E-state index contributed by atoms with van der Waals surface area (Å²) in [4.78, 5) is 7.45. The number of nitrogens with two attached hydrogens (primary N) is 1. The van der Waals surface area contributed by atoms with E-state index in [1.807, 2.05) is 62.1 Å². The molecule has 0 spiro atoms. The minimum absolute atomic E-state index is 0. The molecule has 0 amide bonds. The molecule has 4 unspecified atom stereocenters. The van der Waals surface area contributed by atoms with Crippen LogP contribution in [-0.4, -0.2) is 65.9 Å². The van der Waals surface area contributed by atoms with Gasteiger partial charge in [0.15, 0.2) is 5.82 Å². The van der Waals surface area contributed by atoms with Crippen LogP contribution in [0.25, 0.3) is 27.7 Å². The topological polar surface area (TPSA) is 65.6 Å². The van der Waals surface area contributed by atoms with Gasteiger partial charge in [0.05, 0.1) is 16.4 Å². The normalized spacial score (nSPS) is 20.8. The second-order valence-corrected chi connectivity index (χ2v) is 22.0. The van der Waals surface area contributed by atoms with Crippen LogP contribution < -0.4 is 45.5 Å². The smallest absolute Gasteiger partial charge is 0.399 e. The van der Waals surface area contributed by atoms with Crippen molar-refractivity contribution in [3.63, 3.8) is 0 Å². The minimum Gasteiger partial charge on any atom is -0.399 e. The van der Waals surface area contributed by atoms with Crippen molar-refractivity contribution in [3.8, 4) is 11.1 Å². The number of piperidine rings is 2. The molecule has 4 atom stereocenters. The number of rotatable bonds is 14. The molecule has 0 radical (unpaired) electrons. The van der Waals surface area contributed by atoms with E-state index in [4.69, 9.17) is 17.3 Å². The summed E-state index contributed by atoms with van der Waals surface area (Å²) in [5, 5.41) is 8.77. The zero-order valence-electron chi connectivity index (χ0n) is 47.1. The number of halogens is 3. The average Bonchev–Trinajstić information content (AvgIpc) is 3.87. The Morgan fingerprint density at radius 1 is 0.933 bits per heavy atom. The third-order valence-electron chi connectivity index (χ3n) is 17.0. The van der Waals surface area contributed by atoms with Crippen LogP contribution in [0.2, 0.25) is 5.02 Å². The number of benzene rings is 4. The quantitative estimate of drug-likeness (QED) is 0.0656. The maximum atomic E-state index is 15.7. The van der Waals surface area contributed by atoms with E-state index >= 15 is 8.78 Å². The maximum Gasteiger partial charge on any atom is 1.00 e. The van der Waals surface area contributed by atoms with E-state index in [1.165, 1.54) is 89.4 Å². The number of hydrogen-bond donors (Lipinski definition) is 2. The van der Waals surface area contributed by atoms with E-state index in [9.17, 15) is 0 Å². The molecule has 5 aromatic rings. The molecule has 2 aliphatic heterocycles. The first-order valence-electron chi connectivity index (χ1n) is 27.0. The summed E-state index contributed by atoms with van der Waals surface area (Å²) >= 11 is 6.55. The Bertz CT molecular complexity index is 2720. The Kier molecular flexibility index (Phi) is 22.8. The number of fused-ring (bicyclic) bond motifs is 2. The molecule has 4 aliphatic rings. The first-order valence-corrected chi connectivity index (χ1v) is 27.4. The van der Waals surface area contributed by atoms with Gasteiger partial charge in [0, 0.05) is 85.7 Å². The van der Waals surface area contributed by atoms with Crippen molar-refractivity contribution < 1.29 is 38.3 Å². The second-order valence-electron chi connectivity index (χ2n) is 21.6. The number of likely N-dealkylation sites (tertiary alicyclic amines) is 2. The van der Waals surface area contributed by atoms with Crippen LogP contribution in [0.5, 0.6) is 0 Å². The van der Waals surface area contributed by atoms with Gasteiger partial charge in [-0.1, -0.05) is 139 Å². The summed E-state index contributed by atoms with van der Waals surface area (Å²) in [5.74, 6) is 4.28. The van der Waals surface area contributed by atoms with Gasteiger partial charge in [0.25, 0.3) is 0 Å². The molecule has 1 saturated carbocycles. The molecule has 9 rings (SSSR count). The standard InChI is InChI=1S/C27H26ClF2N.C21H37N2.C15H20N4.CH3.Na/c1-5-17-11-12-20(16(3)31)23(26(17)30)24-22-15(2)27(4,19-9-7-6-8-10-19)14-18(22)13-21(29)25(24)28;1-17-9-12-22(15-18(17)2)16-20-10-13-23(14-11-20)19(3)21-7-5-4-6-8-21;1-5-6-11-19(12(2)16-3)15-13-9-7-8-10-14(13)18(4)17-15;;/h6-13,15H,3,5,14,31H2,1-2,4H3;4,17-18,20-21H,3,5-16H2,1-2H3;5,7-10,16H,1-2,6,11H2,3-4H3;1H3;/q;-1;;-1;+1. The SMILES string of the molecule is C=C(C1CC[CH-]CC1)N1CCC(CN2CCC(C)C(C)C2)CC1.C=C(N)c1ccc(CC)c(F)c1-c1c(Cl)c(F)cc2c1C(C)C(C)(c1ccccc1)C2.C=CCCN(C(=C)NC)c1nn(C)c2ccccc12.[CH3-].[Na+]. The average molecular weight is 1050 g/mol. The maximum absolute atomic E-state index is 15.7. The van der Waals surface area contributed by atoms with Gasteiger partial charge >= 0.3 is 29.6 Å². The first-order chi connectivity index (χ1) is 35.0. The van der Waals surface area contributed by atoms with Crippen LogP contribution in [0.3, 0.4) is 0 Å². The van der Waals surface area contributed by atoms with Gasteiger partial charge in [-0.05, 0) is 115 Å². The molecule has 11 heteroatoms. The summed E-state index contributed by atoms with van der Waals surface area (Å²) in [6.07, 6.45) is 15.8. The molecule has 4 aromatic carbocycles. The summed E-state index contributed by atoms with van der Waals surface area (Å²) in [6.45, 7) is 34.4. The van der Waals surface area contributed by atoms with Crippen molar-refractivity contribution in [2.75, 3.05) is 51.2 Å². The Balaban J connectivity index is 0.000000212. The van der Waals surface area contributed by atoms with E-state index in [1.54, 1.807) is 12.1 Å². The fourth-order valence-corrected chi connectivity index (χ4v) is 12.2. The van der Waals surface area contributed by atoms with Crippen LogP contribution in [0.4, 0.5) is 14.6 Å². The van der Waals surface area contributed by atoms with Crippen LogP contribution in [0.1, 0.15) is 120 Å². The van der Waals surface area contributed by atoms with Gasteiger partial charge in [0.2, 0.25) is 0 Å². The summed E-state index contributed by atoms with van der Waals surface area (Å²) in [6, 6.07) is 23.3. The molecule has 75 heavy (non-hydrogen) atoms. The summed E-state index contributed by atoms with van der Waals surface area (Å²) in [5.41, 5.74) is 13.1. The fraction of sp³-hybridized carbons (Fsp3) is 0.453. The van der Waals surface area contributed by atoms with Crippen LogP contribution >= 0.6 is 11.6 Å². The largest absolute Gasteiger partial charge is 1.00 e. The number of para-hydroxylation sites is 1. The fourth-order valence-electron chi connectivity index (χ4n) is 11.9. The van der Waals surface area contributed by atoms with Crippen molar-refractivity contribution in [2.24, 2.45) is 36.5 Å². The number of aryl methyl sites for hydroxylation is 2. The molecule has 3 N–H and O–H groups in total. The number of hydrogen-bond acceptors (Lipinski definition) is 6. The predicted octanol–water partition coefficient (Wildman–Crippen LogP) is 12.1. The van der Waals surface area contributed by atoms with Gasteiger partial charge in [0.1, 0.15) is 11.6 Å².